The molecule has 2 saturated heterocycles. The summed E-state index contributed by atoms with van der Waals surface area (Å²) in [5.41, 5.74) is 0.763. The number of thiophene rings is 1. The Morgan fingerprint density at radius 1 is 1.17 bits per heavy atom. The third kappa shape index (κ3) is 3.07. The number of carbonyl (C=O) groups is 1. The van der Waals surface area contributed by atoms with Crippen LogP contribution in [0, 0.1) is 0 Å². The standard InChI is InChI=1S/C18H22N2O3S/c21-16-12-23-11-15(16)19-5-1-6-20(8-7-19)18(22)14-2-3-17-13(10-14)4-9-24-17/h2-4,9-10,15-16,21H,1,5-8,11-12H2/t15-,16-/m1/s1. The number of benzene rings is 1. The molecule has 1 aromatic heterocycles. The second-order valence-electron chi connectivity index (χ2n) is 6.53. The van der Waals surface area contributed by atoms with Crippen LogP contribution < -0.4 is 0 Å². The fourth-order valence-electron chi connectivity index (χ4n) is 3.63. The van der Waals surface area contributed by atoms with Crippen molar-refractivity contribution in [2.75, 3.05) is 39.4 Å². The zero-order valence-corrected chi connectivity index (χ0v) is 14.4. The Bertz CT molecular complexity index is 732. The predicted molar refractivity (Wildman–Crippen MR) is 94.5 cm³/mol. The molecular formula is C18H22N2O3S. The molecule has 0 aliphatic carbocycles. The third-order valence-corrected chi connectivity index (χ3v) is 5.91. The SMILES string of the molecule is O=C(c1ccc2sccc2c1)N1CCCN([C@@H]2COC[C@H]2O)CC1. The largest absolute Gasteiger partial charge is 0.389 e. The van der Waals surface area contributed by atoms with Crippen LogP contribution in [-0.4, -0.2) is 72.4 Å². The molecule has 2 aliphatic rings. The summed E-state index contributed by atoms with van der Waals surface area (Å²) < 4.78 is 6.58. The highest BCUT2D eigenvalue weighted by Crippen LogP contribution is 2.23. The molecule has 1 aromatic carbocycles. The highest BCUT2D eigenvalue weighted by atomic mass is 32.1. The molecule has 0 unspecified atom stereocenters. The maximum absolute atomic E-state index is 12.8. The van der Waals surface area contributed by atoms with Crippen molar-refractivity contribution in [1.29, 1.82) is 0 Å². The first-order chi connectivity index (χ1) is 11.7. The van der Waals surface area contributed by atoms with Crippen LogP contribution in [0.1, 0.15) is 16.8 Å². The first kappa shape index (κ1) is 16.0. The van der Waals surface area contributed by atoms with E-state index in [2.05, 4.69) is 16.3 Å². The molecule has 0 radical (unpaired) electrons. The van der Waals surface area contributed by atoms with Gasteiger partial charge in [0.2, 0.25) is 0 Å². The molecule has 4 rings (SSSR count). The van der Waals surface area contributed by atoms with Gasteiger partial charge in [0.05, 0.1) is 25.4 Å². The van der Waals surface area contributed by atoms with E-state index in [1.54, 1.807) is 11.3 Å². The molecule has 0 saturated carbocycles. The molecule has 0 bridgehead atoms. The van der Waals surface area contributed by atoms with Crippen LogP contribution in [0.25, 0.3) is 10.1 Å². The second kappa shape index (κ2) is 6.80. The molecule has 6 heteroatoms. The van der Waals surface area contributed by atoms with Gasteiger partial charge in [-0.15, -0.1) is 11.3 Å². The lowest BCUT2D eigenvalue weighted by atomic mass is 10.1. The van der Waals surface area contributed by atoms with E-state index >= 15 is 0 Å². The van der Waals surface area contributed by atoms with Crippen molar-refractivity contribution in [3.63, 3.8) is 0 Å². The van der Waals surface area contributed by atoms with E-state index < -0.39 is 6.10 Å². The number of carbonyl (C=O) groups excluding carboxylic acids is 1. The van der Waals surface area contributed by atoms with Gasteiger partial charge in [-0.1, -0.05) is 0 Å². The first-order valence-electron chi connectivity index (χ1n) is 8.49. The molecule has 3 heterocycles. The number of hydrogen-bond acceptors (Lipinski definition) is 5. The molecule has 5 nitrogen and oxygen atoms in total. The number of aliphatic hydroxyl groups excluding tert-OH is 1. The van der Waals surface area contributed by atoms with Gasteiger partial charge in [0.15, 0.2) is 0 Å². The normalized spacial score (nSPS) is 26.0. The maximum atomic E-state index is 12.8. The van der Waals surface area contributed by atoms with E-state index in [9.17, 15) is 9.90 Å². The van der Waals surface area contributed by atoms with Crippen molar-refractivity contribution in [2.24, 2.45) is 0 Å². The lowest BCUT2D eigenvalue weighted by Crippen LogP contribution is -2.45. The van der Waals surface area contributed by atoms with Crippen molar-refractivity contribution in [1.82, 2.24) is 9.80 Å². The summed E-state index contributed by atoms with van der Waals surface area (Å²) in [6, 6.07) is 8.08. The van der Waals surface area contributed by atoms with Gasteiger partial charge in [-0.2, -0.15) is 0 Å². The summed E-state index contributed by atoms with van der Waals surface area (Å²) in [5.74, 6) is 0.105. The molecule has 0 spiro atoms. The summed E-state index contributed by atoms with van der Waals surface area (Å²) in [7, 11) is 0. The van der Waals surface area contributed by atoms with Gasteiger partial charge in [-0.05, 0) is 41.5 Å². The monoisotopic (exact) mass is 346 g/mol. The van der Waals surface area contributed by atoms with E-state index in [1.165, 1.54) is 4.70 Å². The number of hydrogen-bond donors (Lipinski definition) is 1. The molecule has 1 N–H and O–H groups in total. The highest BCUT2D eigenvalue weighted by molar-refractivity contribution is 7.17. The molecule has 2 atom stereocenters. The van der Waals surface area contributed by atoms with Crippen molar-refractivity contribution in [3.05, 3.63) is 35.2 Å². The summed E-state index contributed by atoms with van der Waals surface area (Å²) in [6.45, 7) is 4.16. The minimum absolute atomic E-state index is 0.0715. The number of ether oxygens (including phenoxy) is 1. The molecule has 2 aromatic rings. The zero-order chi connectivity index (χ0) is 16.5. The number of rotatable bonds is 2. The van der Waals surface area contributed by atoms with Crippen molar-refractivity contribution >= 4 is 27.3 Å². The van der Waals surface area contributed by atoms with Gasteiger partial charge >= 0.3 is 0 Å². The van der Waals surface area contributed by atoms with E-state index in [0.29, 0.717) is 19.8 Å². The van der Waals surface area contributed by atoms with Crippen molar-refractivity contribution < 1.29 is 14.6 Å². The summed E-state index contributed by atoms with van der Waals surface area (Å²) in [6.07, 6.45) is 0.517. The number of fused-ring (bicyclic) bond motifs is 1. The van der Waals surface area contributed by atoms with E-state index in [-0.39, 0.29) is 11.9 Å². The summed E-state index contributed by atoms with van der Waals surface area (Å²) in [4.78, 5) is 17.1. The predicted octanol–water partition coefficient (Wildman–Crippen LogP) is 1.81. The van der Waals surface area contributed by atoms with E-state index in [1.807, 2.05) is 23.1 Å². The minimum atomic E-state index is -0.409. The lowest BCUT2D eigenvalue weighted by Gasteiger charge is -2.28. The first-order valence-corrected chi connectivity index (χ1v) is 9.37. The third-order valence-electron chi connectivity index (χ3n) is 5.01. The van der Waals surface area contributed by atoms with Crippen LogP contribution in [-0.2, 0) is 4.74 Å². The Balaban J connectivity index is 1.45. The number of amides is 1. The summed E-state index contributed by atoms with van der Waals surface area (Å²) >= 11 is 1.69. The van der Waals surface area contributed by atoms with Crippen LogP contribution in [0.15, 0.2) is 29.6 Å². The summed E-state index contributed by atoms with van der Waals surface area (Å²) in [5, 5.41) is 13.2. The van der Waals surface area contributed by atoms with Gasteiger partial charge < -0.3 is 14.7 Å². The van der Waals surface area contributed by atoms with Crippen LogP contribution >= 0.6 is 11.3 Å². The van der Waals surface area contributed by atoms with E-state index in [4.69, 9.17) is 4.74 Å². The Hall–Kier alpha value is -1.47. The zero-order valence-electron chi connectivity index (χ0n) is 13.6. The lowest BCUT2D eigenvalue weighted by molar-refractivity contribution is 0.0725. The second-order valence-corrected chi connectivity index (χ2v) is 7.47. The Kier molecular flexibility index (Phi) is 4.54. The maximum Gasteiger partial charge on any atom is 0.253 e. The van der Waals surface area contributed by atoms with Crippen LogP contribution in [0.5, 0.6) is 0 Å². The van der Waals surface area contributed by atoms with Gasteiger partial charge in [0, 0.05) is 36.4 Å². The fourth-order valence-corrected chi connectivity index (χ4v) is 4.41. The molecular weight excluding hydrogens is 324 g/mol. The van der Waals surface area contributed by atoms with Gasteiger partial charge in [0.1, 0.15) is 0 Å². The molecule has 2 aliphatic heterocycles. The quantitative estimate of drug-likeness (QED) is 0.901. The highest BCUT2D eigenvalue weighted by Gasteiger charge is 2.33. The Labute approximate surface area is 145 Å². The molecule has 2 fully saturated rings. The number of aliphatic hydroxyl groups is 1. The van der Waals surface area contributed by atoms with Crippen molar-refractivity contribution in [2.45, 2.75) is 18.6 Å². The van der Waals surface area contributed by atoms with Gasteiger partial charge in [0.25, 0.3) is 5.91 Å². The van der Waals surface area contributed by atoms with Crippen molar-refractivity contribution in [3.8, 4) is 0 Å². The average Bonchev–Trinajstić information content (AvgIpc) is 3.16. The minimum Gasteiger partial charge on any atom is -0.389 e. The molecule has 24 heavy (non-hydrogen) atoms. The van der Waals surface area contributed by atoms with Crippen LogP contribution in [0.4, 0.5) is 0 Å². The topological polar surface area (TPSA) is 53.0 Å². The van der Waals surface area contributed by atoms with Crippen LogP contribution in [0.2, 0.25) is 0 Å². The van der Waals surface area contributed by atoms with Crippen LogP contribution in [0.3, 0.4) is 0 Å². The van der Waals surface area contributed by atoms with E-state index in [0.717, 1.165) is 37.0 Å². The smallest absolute Gasteiger partial charge is 0.253 e. The van der Waals surface area contributed by atoms with Gasteiger partial charge in [-0.3, -0.25) is 9.69 Å². The Morgan fingerprint density at radius 3 is 2.92 bits per heavy atom. The molecule has 1 amide bonds. The number of nitrogens with zero attached hydrogens (tertiary/aromatic N) is 2. The molecule has 128 valence electrons. The average molecular weight is 346 g/mol. The Morgan fingerprint density at radius 2 is 2.08 bits per heavy atom. The fraction of sp³-hybridized carbons (Fsp3) is 0.500. The van der Waals surface area contributed by atoms with Gasteiger partial charge in [-0.25, -0.2) is 0 Å².